The van der Waals surface area contributed by atoms with Gasteiger partial charge in [-0.3, -0.25) is 9.59 Å². The lowest BCUT2D eigenvalue weighted by molar-refractivity contribution is -0.152. The predicted molar refractivity (Wildman–Crippen MR) is 75.8 cm³/mol. The summed E-state index contributed by atoms with van der Waals surface area (Å²) in [4.78, 5) is 38.7. The molecule has 0 saturated carbocycles. The highest BCUT2D eigenvalue weighted by Gasteiger charge is 2.42. The van der Waals surface area contributed by atoms with Crippen molar-refractivity contribution in [2.24, 2.45) is 5.41 Å². The zero-order chi connectivity index (χ0) is 15.5. The smallest absolute Gasteiger partial charge is 0.320 e. The zero-order valence-corrected chi connectivity index (χ0v) is 12.4. The van der Waals surface area contributed by atoms with E-state index in [1.165, 1.54) is 0 Å². The van der Waals surface area contributed by atoms with Gasteiger partial charge in [0.15, 0.2) is 0 Å². The molecule has 0 aromatic rings. The summed E-state index contributed by atoms with van der Waals surface area (Å²) >= 11 is 0. The first kappa shape index (κ1) is 15.6. The molecular formula is C14H23N3O4. The number of carbonyl (C=O) groups excluding carboxylic acids is 2. The van der Waals surface area contributed by atoms with E-state index in [4.69, 9.17) is 0 Å². The number of nitrogens with zero attached hydrogens (tertiary/aromatic N) is 2. The fourth-order valence-electron chi connectivity index (χ4n) is 3.07. The van der Waals surface area contributed by atoms with Crippen LogP contribution in [-0.4, -0.2) is 65.5 Å². The minimum atomic E-state index is -0.826. The Labute approximate surface area is 124 Å². The van der Waals surface area contributed by atoms with Gasteiger partial charge in [0.1, 0.15) is 0 Å². The first-order valence-corrected chi connectivity index (χ1v) is 7.52. The highest BCUT2D eigenvalue weighted by Crippen LogP contribution is 2.34. The van der Waals surface area contributed by atoms with Gasteiger partial charge < -0.3 is 20.2 Å². The number of likely N-dealkylation sites (tertiary alicyclic amines) is 1. The molecule has 3 amide bonds. The van der Waals surface area contributed by atoms with Gasteiger partial charge in [-0.1, -0.05) is 6.92 Å². The van der Waals surface area contributed by atoms with Crippen LogP contribution in [-0.2, 0) is 9.59 Å². The second kappa shape index (κ2) is 6.32. The third-order valence-corrected chi connectivity index (χ3v) is 4.56. The molecule has 0 aromatic carbocycles. The van der Waals surface area contributed by atoms with Gasteiger partial charge >= 0.3 is 12.0 Å². The molecule has 2 saturated heterocycles. The van der Waals surface area contributed by atoms with Crippen molar-refractivity contribution >= 4 is 17.9 Å². The second-order valence-corrected chi connectivity index (χ2v) is 5.83. The minimum absolute atomic E-state index is 0.0441. The van der Waals surface area contributed by atoms with Crippen molar-refractivity contribution in [1.29, 1.82) is 0 Å². The van der Waals surface area contributed by atoms with E-state index in [2.05, 4.69) is 5.32 Å². The number of urea groups is 1. The van der Waals surface area contributed by atoms with Crippen LogP contribution >= 0.6 is 0 Å². The minimum Gasteiger partial charge on any atom is -0.481 e. The van der Waals surface area contributed by atoms with Crippen molar-refractivity contribution in [2.45, 2.75) is 32.6 Å². The number of hydrogen-bond acceptors (Lipinski definition) is 3. The van der Waals surface area contributed by atoms with Crippen molar-refractivity contribution in [3.63, 3.8) is 0 Å². The lowest BCUT2D eigenvalue weighted by atomic mass is 9.78. The van der Waals surface area contributed by atoms with Crippen molar-refractivity contribution < 1.29 is 19.5 Å². The van der Waals surface area contributed by atoms with Crippen LogP contribution in [0.4, 0.5) is 4.79 Å². The maximum Gasteiger partial charge on any atom is 0.320 e. The van der Waals surface area contributed by atoms with Gasteiger partial charge in [-0.2, -0.15) is 0 Å². The molecule has 118 valence electrons. The first-order chi connectivity index (χ1) is 9.98. The lowest BCUT2D eigenvalue weighted by Crippen LogP contribution is -2.53. The SMILES string of the molecule is CCC1(C(=O)O)CCCN(C(=O)N2CCNC(=O)CC2)C1. The van der Waals surface area contributed by atoms with Crippen molar-refractivity contribution in [2.75, 3.05) is 32.7 Å². The number of amides is 3. The fraction of sp³-hybridized carbons (Fsp3) is 0.786. The third-order valence-electron chi connectivity index (χ3n) is 4.56. The standard InChI is InChI=1S/C14H23N3O4/c1-2-14(12(19)20)5-3-7-17(10-14)13(21)16-8-4-11(18)15-6-9-16/h2-10H2,1H3,(H,15,18)(H,19,20). The molecule has 0 spiro atoms. The van der Waals surface area contributed by atoms with Crippen LogP contribution < -0.4 is 5.32 Å². The Morgan fingerprint density at radius 2 is 2.05 bits per heavy atom. The topological polar surface area (TPSA) is 89.9 Å². The van der Waals surface area contributed by atoms with E-state index in [0.717, 1.165) is 0 Å². The summed E-state index contributed by atoms with van der Waals surface area (Å²) in [5.74, 6) is -0.868. The maximum atomic E-state index is 12.6. The number of rotatable bonds is 2. The Balaban J connectivity index is 2.04. The summed E-state index contributed by atoms with van der Waals surface area (Å²) < 4.78 is 0. The molecule has 1 atom stereocenters. The average Bonchev–Trinajstić information content (AvgIpc) is 2.71. The number of carboxylic acids is 1. The Hall–Kier alpha value is -1.79. The summed E-state index contributed by atoms with van der Waals surface area (Å²) in [5.41, 5.74) is -0.826. The number of aliphatic carboxylic acids is 1. The molecule has 2 rings (SSSR count). The summed E-state index contributed by atoms with van der Waals surface area (Å²) in [6.45, 7) is 4.04. The molecule has 2 fully saturated rings. The molecule has 0 radical (unpaired) electrons. The van der Waals surface area contributed by atoms with E-state index in [9.17, 15) is 19.5 Å². The Bertz CT molecular complexity index is 440. The Kier molecular flexibility index (Phi) is 4.69. The summed E-state index contributed by atoms with van der Waals surface area (Å²) in [7, 11) is 0. The maximum absolute atomic E-state index is 12.6. The van der Waals surface area contributed by atoms with Crippen molar-refractivity contribution in [3.8, 4) is 0 Å². The molecule has 0 bridgehead atoms. The van der Waals surface area contributed by atoms with Crippen LogP contribution in [0.25, 0.3) is 0 Å². The van der Waals surface area contributed by atoms with E-state index in [0.29, 0.717) is 51.9 Å². The molecule has 2 aliphatic rings. The van der Waals surface area contributed by atoms with Gasteiger partial charge in [-0.15, -0.1) is 0 Å². The molecule has 7 heteroatoms. The van der Waals surface area contributed by atoms with Gasteiger partial charge in [-0.25, -0.2) is 4.79 Å². The van der Waals surface area contributed by atoms with Crippen LogP contribution in [0.15, 0.2) is 0 Å². The molecule has 1 unspecified atom stereocenters. The van der Waals surface area contributed by atoms with Gasteiger partial charge in [0.25, 0.3) is 0 Å². The molecular weight excluding hydrogens is 274 g/mol. The molecule has 0 aromatic heterocycles. The highest BCUT2D eigenvalue weighted by molar-refractivity contribution is 5.81. The Morgan fingerprint density at radius 1 is 1.29 bits per heavy atom. The molecule has 21 heavy (non-hydrogen) atoms. The number of hydrogen-bond donors (Lipinski definition) is 2. The third kappa shape index (κ3) is 3.28. The van der Waals surface area contributed by atoms with E-state index < -0.39 is 11.4 Å². The van der Waals surface area contributed by atoms with Crippen LogP contribution in [0.1, 0.15) is 32.6 Å². The van der Waals surface area contributed by atoms with Gasteiger partial charge in [0.05, 0.1) is 5.41 Å². The average molecular weight is 297 g/mol. The molecule has 0 aliphatic carbocycles. The fourth-order valence-corrected chi connectivity index (χ4v) is 3.07. The molecule has 2 heterocycles. The number of piperidine rings is 1. The van der Waals surface area contributed by atoms with Crippen LogP contribution in [0.2, 0.25) is 0 Å². The zero-order valence-electron chi connectivity index (χ0n) is 12.4. The summed E-state index contributed by atoms with van der Waals surface area (Å²) in [6.07, 6.45) is 2.14. The van der Waals surface area contributed by atoms with Crippen molar-refractivity contribution in [1.82, 2.24) is 15.1 Å². The summed E-state index contributed by atoms with van der Waals surface area (Å²) in [6, 6.07) is -0.148. The number of nitrogens with one attached hydrogen (secondary N) is 1. The van der Waals surface area contributed by atoms with E-state index >= 15 is 0 Å². The molecule has 7 nitrogen and oxygen atoms in total. The van der Waals surface area contributed by atoms with E-state index in [1.807, 2.05) is 6.92 Å². The van der Waals surface area contributed by atoms with Gasteiger partial charge in [0.2, 0.25) is 5.91 Å². The quantitative estimate of drug-likeness (QED) is 0.777. The number of carbonyl (C=O) groups is 3. The van der Waals surface area contributed by atoms with Crippen LogP contribution in [0.5, 0.6) is 0 Å². The highest BCUT2D eigenvalue weighted by atomic mass is 16.4. The summed E-state index contributed by atoms with van der Waals surface area (Å²) in [5, 5.41) is 12.2. The second-order valence-electron chi connectivity index (χ2n) is 5.83. The lowest BCUT2D eigenvalue weighted by Gasteiger charge is -2.41. The normalized spacial score (nSPS) is 27.0. The molecule has 2 N–H and O–H groups in total. The van der Waals surface area contributed by atoms with Crippen LogP contribution in [0.3, 0.4) is 0 Å². The van der Waals surface area contributed by atoms with Gasteiger partial charge in [0, 0.05) is 39.1 Å². The monoisotopic (exact) mass is 297 g/mol. The van der Waals surface area contributed by atoms with Gasteiger partial charge in [-0.05, 0) is 19.3 Å². The van der Waals surface area contributed by atoms with Crippen LogP contribution in [0, 0.1) is 5.41 Å². The van der Waals surface area contributed by atoms with E-state index in [1.54, 1.807) is 9.80 Å². The van der Waals surface area contributed by atoms with E-state index in [-0.39, 0.29) is 18.5 Å². The number of carboxylic acid groups (broad SMARTS) is 1. The molecule has 2 aliphatic heterocycles. The van der Waals surface area contributed by atoms with Crippen molar-refractivity contribution in [3.05, 3.63) is 0 Å². The predicted octanol–water partition coefficient (Wildman–Crippen LogP) is 0.505. The Morgan fingerprint density at radius 3 is 2.71 bits per heavy atom. The first-order valence-electron chi connectivity index (χ1n) is 7.52. The largest absolute Gasteiger partial charge is 0.481 e.